The summed E-state index contributed by atoms with van der Waals surface area (Å²) in [6.07, 6.45) is 0. The highest BCUT2D eigenvalue weighted by Crippen LogP contribution is 2.45. The molecule has 54 heavy (non-hydrogen) atoms. The van der Waals surface area contributed by atoms with Gasteiger partial charge in [0, 0.05) is 0 Å². The molecule has 0 heterocycles. The second kappa shape index (κ2) is 12.3. The van der Waals surface area contributed by atoms with Crippen LogP contribution in [-0.2, 0) is 0 Å². The Morgan fingerprint density at radius 3 is 0.778 bits per heavy atom. The summed E-state index contributed by atoms with van der Waals surface area (Å²) in [5.41, 5.74) is 10.0. The third kappa shape index (κ3) is 5.07. The van der Waals surface area contributed by atoms with E-state index in [4.69, 9.17) is 0 Å². The minimum atomic E-state index is 1.24. The zero-order valence-electron chi connectivity index (χ0n) is 29.6. The van der Waals surface area contributed by atoms with Crippen LogP contribution < -0.4 is 0 Å². The lowest BCUT2D eigenvalue weighted by atomic mass is 9.85. The van der Waals surface area contributed by atoms with Gasteiger partial charge in [-0.15, -0.1) is 0 Å². The Morgan fingerprint density at radius 2 is 0.444 bits per heavy atom. The quantitative estimate of drug-likeness (QED) is 0.162. The molecule has 0 atom stereocenters. The van der Waals surface area contributed by atoms with Gasteiger partial charge in [0.15, 0.2) is 0 Å². The molecule has 0 saturated heterocycles. The number of hydrogen-bond donors (Lipinski definition) is 0. The van der Waals surface area contributed by atoms with Gasteiger partial charge in [0.25, 0.3) is 0 Å². The summed E-state index contributed by atoms with van der Waals surface area (Å²) >= 11 is 0. The molecule has 0 aliphatic heterocycles. The molecule has 0 nitrogen and oxygen atoms in total. The van der Waals surface area contributed by atoms with Crippen LogP contribution in [0.15, 0.2) is 206 Å². The number of hydrogen-bond acceptors (Lipinski definition) is 0. The van der Waals surface area contributed by atoms with Gasteiger partial charge in [-0.25, -0.2) is 0 Å². The average molecular weight is 683 g/mol. The molecule has 11 aromatic rings. The molecule has 0 spiro atoms. The highest BCUT2D eigenvalue weighted by Gasteiger charge is 2.17. The minimum Gasteiger partial charge on any atom is -0.0622 e. The van der Waals surface area contributed by atoms with Gasteiger partial charge in [0.2, 0.25) is 0 Å². The zero-order valence-corrected chi connectivity index (χ0v) is 29.6. The normalized spacial score (nSPS) is 11.7. The third-order valence-corrected chi connectivity index (χ3v) is 11.3. The van der Waals surface area contributed by atoms with Gasteiger partial charge >= 0.3 is 0 Å². The van der Waals surface area contributed by atoms with Crippen molar-refractivity contribution >= 4 is 64.6 Å². The monoisotopic (exact) mass is 682 g/mol. The molecule has 0 amide bonds. The number of rotatable bonds is 4. The van der Waals surface area contributed by atoms with E-state index in [0.717, 1.165) is 0 Å². The van der Waals surface area contributed by atoms with Crippen molar-refractivity contribution in [1.82, 2.24) is 0 Å². The Hall–Kier alpha value is -7.02. The molecule has 0 aromatic heterocycles. The van der Waals surface area contributed by atoms with Crippen LogP contribution >= 0.6 is 0 Å². The van der Waals surface area contributed by atoms with Crippen LogP contribution in [0.5, 0.6) is 0 Å². The Labute approximate surface area is 314 Å². The van der Waals surface area contributed by atoms with Crippen LogP contribution in [0.25, 0.3) is 109 Å². The Kier molecular flexibility index (Phi) is 6.97. The summed E-state index contributed by atoms with van der Waals surface area (Å²) in [7, 11) is 0. The van der Waals surface area contributed by atoms with Gasteiger partial charge in [-0.2, -0.15) is 0 Å². The minimum absolute atomic E-state index is 1.24. The molecular weight excluding hydrogens is 649 g/mol. The Balaban J connectivity index is 1.06. The maximum absolute atomic E-state index is 2.39. The van der Waals surface area contributed by atoms with Crippen molar-refractivity contribution in [2.24, 2.45) is 0 Å². The largest absolute Gasteiger partial charge is 0.0622 e. The van der Waals surface area contributed by atoms with Crippen LogP contribution in [0.2, 0.25) is 0 Å². The van der Waals surface area contributed by atoms with E-state index in [-0.39, 0.29) is 0 Å². The predicted octanol–water partition coefficient (Wildman–Crippen LogP) is 15.3. The first kappa shape index (κ1) is 30.6. The summed E-state index contributed by atoms with van der Waals surface area (Å²) in [5, 5.41) is 15.1. The number of benzene rings is 11. The van der Waals surface area contributed by atoms with Crippen LogP contribution in [-0.4, -0.2) is 0 Å². The molecule has 0 fully saturated rings. The lowest BCUT2D eigenvalue weighted by Crippen LogP contribution is -1.91. The molecule has 0 saturated carbocycles. The molecule has 0 aliphatic carbocycles. The standard InChI is InChI=1S/C54H34/c1-3-11-35(12-4-1)37-19-21-39-31-47-33-43(25-23-41(47)29-45(39)27-37)53-49-15-7-9-17-51(49)54(52-18-10-8-16-50(52)53)44-26-24-42-30-46-28-38(36-13-5-2-6-14-36)20-22-40(46)32-48(42)34-44/h1-34H. The van der Waals surface area contributed by atoms with E-state index in [1.807, 2.05) is 0 Å². The summed E-state index contributed by atoms with van der Waals surface area (Å²) < 4.78 is 0. The summed E-state index contributed by atoms with van der Waals surface area (Å²) in [6.45, 7) is 0. The molecule has 0 bridgehead atoms. The van der Waals surface area contributed by atoms with E-state index in [9.17, 15) is 0 Å². The third-order valence-electron chi connectivity index (χ3n) is 11.3. The van der Waals surface area contributed by atoms with E-state index >= 15 is 0 Å². The average Bonchev–Trinajstić information content (AvgIpc) is 3.24. The highest BCUT2D eigenvalue weighted by molar-refractivity contribution is 6.22. The van der Waals surface area contributed by atoms with Crippen LogP contribution in [0.4, 0.5) is 0 Å². The van der Waals surface area contributed by atoms with Gasteiger partial charge in [0.05, 0.1) is 0 Å². The fraction of sp³-hybridized carbons (Fsp3) is 0. The fourth-order valence-electron chi connectivity index (χ4n) is 8.68. The smallest absolute Gasteiger partial charge is 0.00262 e. The van der Waals surface area contributed by atoms with Crippen molar-refractivity contribution in [3.63, 3.8) is 0 Å². The van der Waals surface area contributed by atoms with Crippen LogP contribution in [0, 0.1) is 0 Å². The lowest BCUT2D eigenvalue weighted by molar-refractivity contribution is 1.65. The summed E-state index contributed by atoms with van der Waals surface area (Å²) in [4.78, 5) is 0. The van der Waals surface area contributed by atoms with Crippen molar-refractivity contribution < 1.29 is 0 Å². The SMILES string of the molecule is c1ccc(-c2ccc3cc4cc(-c5c6ccccc6c(-c6ccc7cc8cc(-c9ccccc9)ccc8cc7c6)c6ccccc56)ccc4cc3c2)cc1. The molecular formula is C54H34. The van der Waals surface area contributed by atoms with E-state index in [1.165, 1.54) is 109 Å². The van der Waals surface area contributed by atoms with Gasteiger partial charge in [-0.05, 0) is 158 Å². The van der Waals surface area contributed by atoms with Crippen molar-refractivity contribution in [2.45, 2.75) is 0 Å². The molecule has 11 aromatic carbocycles. The molecule has 0 N–H and O–H groups in total. The van der Waals surface area contributed by atoms with Gasteiger partial charge in [-0.3, -0.25) is 0 Å². The maximum Gasteiger partial charge on any atom is -0.00262 e. The lowest BCUT2D eigenvalue weighted by Gasteiger charge is -2.18. The zero-order chi connectivity index (χ0) is 35.6. The van der Waals surface area contributed by atoms with Crippen LogP contribution in [0.3, 0.4) is 0 Å². The molecule has 11 rings (SSSR count). The van der Waals surface area contributed by atoms with Crippen LogP contribution in [0.1, 0.15) is 0 Å². The maximum atomic E-state index is 2.39. The second-order valence-corrected chi connectivity index (χ2v) is 14.5. The van der Waals surface area contributed by atoms with E-state index in [2.05, 4.69) is 206 Å². The van der Waals surface area contributed by atoms with Crippen molar-refractivity contribution in [3.05, 3.63) is 206 Å². The van der Waals surface area contributed by atoms with E-state index < -0.39 is 0 Å². The Morgan fingerprint density at radius 1 is 0.167 bits per heavy atom. The highest BCUT2D eigenvalue weighted by atomic mass is 14.2. The molecule has 0 radical (unpaired) electrons. The van der Waals surface area contributed by atoms with E-state index in [0.29, 0.717) is 0 Å². The summed E-state index contributed by atoms with van der Waals surface area (Å²) in [5.74, 6) is 0. The van der Waals surface area contributed by atoms with Gasteiger partial charge in [0.1, 0.15) is 0 Å². The molecule has 250 valence electrons. The first-order valence-corrected chi connectivity index (χ1v) is 18.7. The fourth-order valence-corrected chi connectivity index (χ4v) is 8.68. The first-order valence-electron chi connectivity index (χ1n) is 18.7. The topological polar surface area (TPSA) is 0 Å². The van der Waals surface area contributed by atoms with E-state index in [1.54, 1.807) is 0 Å². The number of fused-ring (bicyclic) bond motifs is 6. The molecule has 0 aliphatic rings. The molecule has 0 unspecified atom stereocenters. The van der Waals surface area contributed by atoms with Crippen molar-refractivity contribution in [3.8, 4) is 44.5 Å². The van der Waals surface area contributed by atoms with Crippen molar-refractivity contribution in [1.29, 1.82) is 0 Å². The summed E-state index contributed by atoms with van der Waals surface area (Å²) in [6, 6.07) is 76.2. The van der Waals surface area contributed by atoms with Gasteiger partial charge < -0.3 is 0 Å². The predicted molar refractivity (Wildman–Crippen MR) is 233 cm³/mol. The van der Waals surface area contributed by atoms with Gasteiger partial charge in [-0.1, -0.05) is 158 Å². The Bertz CT molecular complexity index is 2970. The second-order valence-electron chi connectivity index (χ2n) is 14.5. The molecule has 0 heteroatoms. The first-order chi connectivity index (χ1) is 26.7. The van der Waals surface area contributed by atoms with Crippen molar-refractivity contribution in [2.75, 3.05) is 0 Å².